The molecule has 0 aliphatic carbocycles. The number of ketones is 1. The third-order valence-corrected chi connectivity index (χ3v) is 4.41. The Labute approximate surface area is 173 Å². The predicted octanol–water partition coefficient (Wildman–Crippen LogP) is 5.13. The highest BCUT2D eigenvalue weighted by Gasteiger charge is 2.28. The predicted molar refractivity (Wildman–Crippen MR) is 112 cm³/mol. The summed E-state index contributed by atoms with van der Waals surface area (Å²) in [5, 5.41) is 11.6. The van der Waals surface area contributed by atoms with Gasteiger partial charge in [-0.1, -0.05) is 37.3 Å². The molecule has 0 aliphatic rings. The first-order chi connectivity index (χ1) is 14.5. The number of carbonyl (C=O) groups excluding carboxylic acids is 1. The lowest BCUT2D eigenvalue weighted by molar-refractivity contribution is -0.385. The highest BCUT2D eigenvalue weighted by Crippen LogP contribution is 2.35. The van der Waals surface area contributed by atoms with E-state index in [0.29, 0.717) is 16.9 Å². The maximum Gasteiger partial charge on any atom is 0.284 e. The molecule has 3 aromatic rings. The first-order valence-electron chi connectivity index (χ1n) is 9.34. The summed E-state index contributed by atoms with van der Waals surface area (Å²) in [6.45, 7) is 1.82. The molecule has 30 heavy (non-hydrogen) atoms. The monoisotopic (exact) mass is 407 g/mol. The van der Waals surface area contributed by atoms with Gasteiger partial charge >= 0.3 is 0 Å². The Hall–Kier alpha value is -3.71. The summed E-state index contributed by atoms with van der Waals surface area (Å²) in [6, 6.07) is 14.9. The Morgan fingerprint density at radius 2 is 1.87 bits per heavy atom. The van der Waals surface area contributed by atoms with Crippen LogP contribution in [0.4, 0.5) is 5.69 Å². The van der Waals surface area contributed by atoms with Gasteiger partial charge in [-0.2, -0.15) is 0 Å². The number of methoxy groups -OCH3 is 1. The van der Waals surface area contributed by atoms with Crippen LogP contribution in [0, 0.1) is 10.1 Å². The second kappa shape index (κ2) is 9.67. The molecular formula is C23H21NO6. The quantitative estimate of drug-likeness (QED) is 0.211. The fourth-order valence-electron chi connectivity index (χ4n) is 2.94. The van der Waals surface area contributed by atoms with Crippen LogP contribution in [0.2, 0.25) is 0 Å². The Balaban J connectivity index is 2.12. The van der Waals surface area contributed by atoms with E-state index >= 15 is 0 Å². The van der Waals surface area contributed by atoms with Gasteiger partial charge in [-0.15, -0.1) is 0 Å². The first kappa shape index (κ1) is 21.0. The van der Waals surface area contributed by atoms with Gasteiger partial charge in [0.05, 0.1) is 4.92 Å². The number of aryl methyl sites for hydroxylation is 1. The summed E-state index contributed by atoms with van der Waals surface area (Å²) < 4.78 is 16.3. The number of nitro benzene ring substituents is 1. The molecule has 0 bridgehead atoms. The van der Waals surface area contributed by atoms with Gasteiger partial charge in [0, 0.05) is 30.7 Å². The summed E-state index contributed by atoms with van der Waals surface area (Å²) in [5.74, 6) is 1.04. The van der Waals surface area contributed by atoms with Gasteiger partial charge in [0.15, 0.2) is 6.79 Å². The number of ether oxygens (including phenoxy) is 2. The Kier molecular flexibility index (Phi) is 6.77. The highest BCUT2D eigenvalue weighted by molar-refractivity contribution is 6.14. The molecule has 0 saturated carbocycles. The van der Waals surface area contributed by atoms with Gasteiger partial charge in [-0.3, -0.25) is 14.9 Å². The molecular weight excluding hydrogens is 386 g/mol. The molecule has 1 aromatic heterocycles. The summed E-state index contributed by atoms with van der Waals surface area (Å²) >= 11 is 0. The second-order valence-electron chi connectivity index (χ2n) is 6.37. The van der Waals surface area contributed by atoms with Crippen LogP contribution in [0.15, 0.2) is 59.0 Å². The second-order valence-corrected chi connectivity index (χ2v) is 6.37. The van der Waals surface area contributed by atoms with Crippen molar-refractivity contribution in [1.29, 1.82) is 0 Å². The van der Waals surface area contributed by atoms with Crippen molar-refractivity contribution < 1.29 is 23.6 Å². The summed E-state index contributed by atoms with van der Waals surface area (Å²) in [7, 11) is 1.43. The number of nitro groups is 1. The molecule has 154 valence electrons. The molecule has 0 fully saturated rings. The van der Waals surface area contributed by atoms with E-state index in [1.807, 2.05) is 19.1 Å². The molecule has 7 nitrogen and oxygen atoms in total. The van der Waals surface area contributed by atoms with E-state index in [1.54, 1.807) is 42.5 Å². The maximum absolute atomic E-state index is 13.2. The SMILES string of the molecule is CCc1ccc(/C=C/c2ccc([N+](=O)[O-])c(C(=O)c3ccccc3)c2OCOC)o1. The van der Waals surface area contributed by atoms with E-state index < -0.39 is 10.7 Å². The van der Waals surface area contributed by atoms with Crippen molar-refractivity contribution in [2.75, 3.05) is 13.9 Å². The number of hydrogen-bond acceptors (Lipinski definition) is 6. The molecule has 7 heteroatoms. The van der Waals surface area contributed by atoms with Crippen molar-refractivity contribution in [3.63, 3.8) is 0 Å². The van der Waals surface area contributed by atoms with Crippen LogP contribution >= 0.6 is 0 Å². The number of furan rings is 1. The number of benzene rings is 2. The standard InChI is InChI=1S/C23H21NO6/c1-3-18-12-13-19(30-18)11-9-17-10-14-20(24(26)27)21(23(17)29-15-28-2)22(25)16-7-5-4-6-8-16/h4-14H,3,15H2,1-2H3/b11-9+. The van der Waals surface area contributed by atoms with Gasteiger partial charge in [0.1, 0.15) is 22.8 Å². The van der Waals surface area contributed by atoms with Crippen LogP contribution in [-0.4, -0.2) is 24.6 Å². The molecule has 0 amide bonds. The first-order valence-corrected chi connectivity index (χ1v) is 9.34. The molecule has 0 unspecified atom stereocenters. The number of hydrogen-bond donors (Lipinski definition) is 0. The highest BCUT2D eigenvalue weighted by atomic mass is 16.7. The van der Waals surface area contributed by atoms with E-state index in [4.69, 9.17) is 13.9 Å². The van der Waals surface area contributed by atoms with Crippen molar-refractivity contribution in [2.24, 2.45) is 0 Å². The third kappa shape index (κ3) is 4.64. The smallest absolute Gasteiger partial charge is 0.284 e. The largest absolute Gasteiger partial charge is 0.466 e. The minimum Gasteiger partial charge on any atom is -0.466 e. The fourth-order valence-corrected chi connectivity index (χ4v) is 2.94. The maximum atomic E-state index is 13.2. The topological polar surface area (TPSA) is 91.8 Å². The molecule has 3 rings (SSSR count). The van der Waals surface area contributed by atoms with Crippen molar-refractivity contribution in [3.8, 4) is 5.75 Å². The van der Waals surface area contributed by atoms with Gasteiger partial charge in [0.2, 0.25) is 5.78 Å². The zero-order valence-electron chi connectivity index (χ0n) is 16.7. The van der Waals surface area contributed by atoms with Gasteiger partial charge in [0.25, 0.3) is 5.69 Å². The molecule has 0 N–H and O–H groups in total. The Morgan fingerprint density at radius 1 is 1.10 bits per heavy atom. The molecule has 0 aliphatic heterocycles. The van der Waals surface area contributed by atoms with Gasteiger partial charge in [-0.25, -0.2) is 0 Å². The molecule has 2 aromatic carbocycles. The average molecular weight is 407 g/mol. The number of carbonyl (C=O) groups is 1. The fraction of sp³-hybridized carbons (Fsp3) is 0.174. The number of rotatable bonds is 9. The zero-order chi connectivity index (χ0) is 21.5. The average Bonchev–Trinajstić information content (AvgIpc) is 3.24. The molecule has 0 saturated heterocycles. The van der Waals surface area contributed by atoms with Crippen LogP contribution < -0.4 is 4.74 Å². The van der Waals surface area contributed by atoms with Crippen molar-refractivity contribution in [3.05, 3.63) is 92.9 Å². The van der Waals surface area contributed by atoms with Crippen molar-refractivity contribution in [2.45, 2.75) is 13.3 Å². The van der Waals surface area contributed by atoms with Crippen molar-refractivity contribution >= 4 is 23.6 Å². The van der Waals surface area contributed by atoms with E-state index in [1.165, 1.54) is 19.2 Å². The lowest BCUT2D eigenvalue weighted by Crippen LogP contribution is -2.11. The van der Waals surface area contributed by atoms with Crippen LogP contribution in [0.5, 0.6) is 5.75 Å². The zero-order valence-corrected chi connectivity index (χ0v) is 16.7. The van der Waals surface area contributed by atoms with Gasteiger partial charge in [-0.05, 0) is 30.4 Å². The minimum atomic E-state index is -0.594. The summed E-state index contributed by atoms with van der Waals surface area (Å²) in [5.41, 5.74) is 0.353. The van der Waals surface area contributed by atoms with E-state index in [-0.39, 0.29) is 23.8 Å². The normalized spacial score (nSPS) is 11.0. The van der Waals surface area contributed by atoms with Crippen LogP contribution in [-0.2, 0) is 11.2 Å². The molecule has 1 heterocycles. The van der Waals surface area contributed by atoms with Crippen molar-refractivity contribution in [1.82, 2.24) is 0 Å². The molecule has 0 spiro atoms. The van der Waals surface area contributed by atoms with E-state index in [9.17, 15) is 14.9 Å². The van der Waals surface area contributed by atoms with Gasteiger partial charge < -0.3 is 13.9 Å². The van der Waals surface area contributed by atoms with E-state index in [0.717, 1.165) is 12.2 Å². The van der Waals surface area contributed by atoms with E-state index in [2.05, 4.69) is 0 Å². The minimum absolute atomic E-state index is 0.0819. The Morgan fingerprint density at radius 3 is 2.50 bits per heavy atom. The van der Waals surface area contributed by atoms with Crippen LogP contribution in [0.1, 0.15) is 39.9 Å². The summed E-state index contributed by atoms with van der Waals surface area (Å²) in [4.78, 5) is 24.2. The van der Waals surface area contributed by atoms with Crippen LogP contribution in [0.3, 0.4) is 0 Å². The third-order valence-electron chi connectivity index (χ3n) is 4.41. The summed E-state index contributed by atoms with van der Waals surface area (Å²) in [6.07, 6.45) is 4.18. The van der Waals surface area contributed by atoms with Crippen LogP contribution in [0.25, 0.3) is 12.2 Å². The molecule has 0 atom stereocenters. The number of nitrogens with zero attached hydrogens (tertiary/aromatic N) is 1. The lowest BCUT2D eigenvalue weighted by Gasteiger charge is -2.13. The Bertz CT molecular complexity index is 1070. The lowest BCUT2D eigenvalue weighted by atomic mass is 9.97. The molecule has 0 radical (unpaired) electrons.